The van der Waals surface area contributed by atoms with Gasteiger partial charge in [-0.15, -0.1) is 0 Å². The van der Waals surface area contributed by atoms with E-state index in [2.05, 4.69) is 25.6 Å². The lowest BCUT2D eigenvalue weighted by molar-refractivity contribution is 1.05. The second kappa shape index (κ2) is 6.70. The van der Waals surface area contributed by atoms with Crippen LogP contribution in [0.15, 0.2) is 42.7 Å². The van der Waals surface area contributed by atoms with Gasteiger partial charge >= 0.3 is 0 Å². The summed E-state index contributed by atoms with van der Waals surface area (Å²) in [4.78, 5) is 11.7. The number of nitrogens with zero attached hydrogens (tertiary/aromatic N) is 3. The second-order valence-corrected chi connectivity index (χ2v) is 4.07. The van der Waals surface area contributed by atoms with Gasteiger partial charge in [0.2, 0.25) is 11.2 Å². The van der Waals surface area contributed by atoms with Crippen LogP contribution in [-0.4, -0.2) is 21.5 Å². The fraction of sp³-hybridized carbons (Fsp3) is 0.154. The molecule has 5 nitrogen and oxygen atoms in total. The Labute approximate surface area is 116 Å². The highest BCUT2D eigenvalue weighted by molar-refractivity contribution is 6.28. The van der Waals surface area contributed by atoms with Crippen LogP contribution in [0.4, 0.5) is 17.3 Å². The predicted molar refractivity (Wildman–Crippen MR) is 77.9 cm³/mol. The summed E-state index contributed by atoms with van der Waals surface area (Å²) in [6.07, 6.45) is 5.42. The molecule has 0 atom stereocenters. The molecule has 0 bridgehead atoms. The predicted octanol–water partition coefficient (Wildman–Crippen LogP) is 3.26. The van der Waals surface area contributed by atoms with Crippen LogP contribution in [0.2, 0.25) is 5.28 Å². The maximum Gasteiger partial charge on any atom is 0.231 e. The molecule has 2 aromatic rings. The third kappa shape index (κ3) is 4.22. The number of hydrogen-bond acceptors (Lipinski definition) is 5. The van der Waals surface area contributed by atoms with Crippen molar-refractivity contribution in [2.75, 3.05) is 17.2 Å². The van der Waals surface area contributed by atoms with Gasteiger partial charge in [-0.2, -0.15) is 4.98 Å². The van der Waals surface area contributed by atoms with Crippen molar-refractivity contribution in [3.05, 3.63) is 48.0 Å². The lowest BCUT2D eigenvalue weighted by atomic mass is 10.2. The molecule has 2 N–H and O–H groups in total. The molecule has 0 aliphatic heterocycles. The highest BCUT2D eigenvalue weighted by Gasteiger charge is 2.00. The van der Waals surface area contributed by atoms with Crippen molar-refractivity contribution in [3.63, 3.8) is 0 Å². The van der Waals surface area contributed by atoms with E-state index in [1.165, 1.54) is 6.33 Å². The first-order valence-corrected chi connectivity index (χ1v) is 6.22. The summed E-state index contributed by atoms with van der Waals surface area (Å²) in [6.45, 7) is 2.78. The van der Waals surface area contributed by atoms with E-state index in [0.717, 1.165) is 17.9 Å². The molecule has 0 spiro atoms. The zero-order valence-electron chi connectivity index (χ0n) is 10.5. The monoisotopic (exact) mass is 275 g/mol. The lowest BCUT2D eigenvalue weighted by Crippen LogP contribution is -2.00. The first kappa shape index (κ1) is 13.3. The van der Waals surface area contributed by atoms with Gasteiger partial charge in [0.05, 0.1) is 0 Å². The molecule has 2 rings (SSSR count). The molecule has 0 aliphatic rings. The van der Waals surface area contributed by atoms with Crippen LogP contribution in [0.25, 0.3) is 0 Å². The molecule has 1 aromatic carbocycles. The van der Waals surface area contributed by atoms with Gasteiger partial charge in [-0.05, 0) is 36.7 Å². The van der Waals surface area contributed by atoms with Crippen LogP contribution in [0.3, 0.4) is 0 Å². The summed E-state index contributed by atoms with van der Waals surface area (Å²) in [6, 6.07) is 7.85. The number of allylic oxidation sites excluding steroid dienone is 1. The Morgan fingerprint density at radius 1 is 1.26 bits per heavy atom. The Bertz CT molecular complexity index is 570. The second-order valence-electron chi connectivity index (χ2n) is 3.73. The third-order valence-electron chi connectivity index (χ3n) is 2.32. The molecule has 98 valence electrons. The van der Waals surface area contributed by atoms with Crippen LogP contribution in [0, 0.1) is 0 Å². The molecule has 0 amide bonds. The molecule has 0 saturated carbocycles. The fourth-order valence-electron chi connectivity index (χ4n) is 1.47. The molecule has 0 radical (unpaired) electrons. The van der Waals surface area contributed by atoms with Crippen LogP contribution >= 0.6 is 11.6 Å². The molecular weight excluding hydrogens is 262 g/mol. The van der Waals surface area contributed by atoms with E-state index in [-0.39, 0.29) is 5.28 Å². The highest BCUT2D eigenvalue weighted by atomic mass is 35.5. The van der Waals surface area contributed by atoms with Gasteiger partial charge in [0, 0.05) is 17.9 Å². The Hall–Kier alpha value is -2.14. The van der Waals surface area contributed by atoms with Gasteiger partial charge < -0.3 is 10.6 Å². The fourth-order valence-corrected chi connectivity index (χ4v) is 1.59. The number of halogens is 1. The Kier molecular flexibility index (Phi) is 4.69. The van der Waals surface area contributed by atoms with Crippen molar-refractivity contribution in [2.45, 2.75) is 6.92 Å². The number of hydrogen-bond donors (Lipinski definition) is 2. The van der Waals surface area contributed by atoms with E-state index >= 15 is 0 Å². The largest absolute Gasteiger partial charge is 0.382 e. The average Bonchev–Trinajstić information content (AvgIpc) is 2.39. The zero-order chi connectivity index (χ0) is 13.5. The van der Waals surface area contributed by atoms with Crippen LogP contribution in [0.5, 0.6) is 0 Å². The summed E-state index contributed by atoms with van der Waals surface area (Å²) >= 11 is 5.70. The van der Waals surface area contributed by atoms with Gasteiger partial charge in [0.25, 0.3) is 0 Å². The molecule has 19 heavy (non-hydrogen) atoms. The van der Waals surface area contributed by atoms with E-state index in [0.29, 0.717) is 5.95 Å². The van der Waals surface area contributed by atoms with Crippen molar-refractivity contribution in [1.29, 1.82) is 0 Å². The topological polar surface area (TPSA) is 62.7 Å². The van der Waals surface area contributed by atoms with Gasteiger partial charge in [-0.1, -0.05) is 18.2 Å². The van der Waals surface area contributed by atoms with Crippen molar-refractivity contribution < 1.29 is 0 Å². The molecule has 0 saturated heterocycles. The summed E-state index contributed by atoms with van der Waals surface area (Å²) in [5.41, 5.74) is 1.90. The first-order chi connectivity index (χ1) is 9.28. The molecule has 0 fully saturated rings. The maximum absolute atomic E-state index is 5.70. The zero-order valence-corrected chi connectivity index (χ0v) is 11.2. The molecule has 0 unspecified atom stereocenters. The van der Waals surface area contributed by atoms with Crippen LogP contribution < -0.4 is 10.6 Å². The maximum atomic E-state index is 5.70. The quantitative estimate of drug-likeness (QED) is 0.820. The summed E-state index contributed by atoms with van der Waals surface area (Å²) in [5, 5.41) is 6.51. The molecule has 6 heteroatoms. The summed E-state index contributed by atoms with van der Waals surface area (Å²) in [7, 11) is 0. The minimum atomic E-state index is 0.167. The molecule has 1 heterocycles. The minimum Gasteiger partial charge on any atom is -0.382 e. The van der Waals surface area contributed by atoms with Crippen molar-refractivity contribution in [2.24, 2.45) is 0 Å². The van der Waals surface area contributed by atoms with E-state index in [1.807, 2.05) is 43.3 Å². The summed E-state index contributed by atoms with van der Waals surface area (Å²) in [5.74, 6) is 0.422. The first-order valence-electron chi connectivity index (χ1n) is 5.84. The normalized spacial score (nSPS) is 10.6. The lowest BCUT2D eigenvalue weighted by Gasteiger charge is -2.07. The van der Waals surface area contributed by atoms with Gasteiger partial charge in [-0.3, -0.25) is 0 Å². The van der Waals surface area contributed by atoms with Crippen molar-refractivity contribution in [3.8, 4) is 0 Å². The SMILES string of the molecule is C/C=C/CNc1cccc(Nc2ncnc(Cl)n2)c1. The van der Waals surface area contributed by atoms with Crippen LogP contribution in [-0.2, 0) is 0 Å². The van der Waals surface area contributed by atoms with E-state index < -0.39 is 0 Å². The molecular formula is C13H14ClN5. The number of rotatable bonds is 5. The smallest absolute Gasteiger partial charge is 0.231 e. The molecule has 1 aromatic heterocycles. The number of benzene rings is 1. The van der Waals surface area contributed by atoms with E-state index in [1.54, 1.807) is 0 Å². The summed E-state index contributed by atoms with van der Waals surface area (Å²) < 4.78 is 0. The average molecular weight is 276 g/mol. The standard InChI is InChI=1S/C13H14ClN5/c1-2-3-7-15-10-5-4-6-11(8-10)18-13-17-9-16-12(14)19-13/h2-6,8-9,15H,7H2,1H3,(H,16,17,18,19)/b3-2+. The Morgan fingerprint density at radius 3 is 2.89 bits per heavy atom. The number of aromatic nitrogens is 3. The van der Waals surface area contributed by atoms with E-state index in [4.69, 9.17) is 11.6 Å². The number of nitrogens with one attached hydrogen (secondary N) is 2. The molecule has 0 aliphatic carbocycles. The van der Waals surface area contributed by atoms with Gasteiger partial charge in [-0.25, -0.2) is 9.97 Å². The Morgan fingerprint density at radius 2 is 2.11 bits per heavy atom. The van der Waals surface area contributed by atoms with Crippen LogP contribution in [0.1, 0.15) is 6.92 Å². The van der Waals surface area contributed by atoms with Crippen molar-refractivity contribution >= 4 is 28.9 Å². The minimum absolute atomic E-state index is 0.167. The third-order valence-corrected chi connectivity index (χ3v) is 2.50. The number of anilines is 3. The van der Waals surface area contributed by atoms with Crippen molar-refractivity contribution in [1.82, 2.24) is 15.0 Å². The van der Waals surface area contributed by atoms with Gasteiger partial charge in [0.1, 0.15) is 6.33 Å². The Balaban J connectivity index is 2.06. The highest BCUT2D eigenvalue weighted by Crippen LogP contribution is 2.18. The van der Waals surface area contributed by atoms with Gasteiger partial charge in [0.15, 0.2) is 0 Å². The van der Waals surface area contributed by atoms with E-state index in [9.17, 15) is 0 Å².